The number of carbonyl (C=O) groups excluding carboxylic acids is 1. The molecule has 40 heavy (non-hydrogen) atoms. The van der Waals surface area contributed by atoms with Crippen LogP contribution in [0.1, 0.15) is 28.8 Å². The highest BCUT2D eigenvalue weighted by molar-refractivity contribution is 5.99. The number of H-pyrrole nitrogens is 1. The minimum absolute atomic E-state index is 0.0133. The Hall–Kier alpha value is -3.78. The van der Waals surface area contributed by atoms with Gasteiger partial charge >= 0.3 is 6.18 Å². The van der Waals surface area contributed by atoms with E-state index in [-0.39, 0.29) is 41.9 Å². The number of hydrogen-bond acceptors (Lipinski definition) is 9. The lowest BCUT2D eigenvalue weighted by atomic mass is 10.0. The maximum absolute atomic E-state index is 13.5. The SMILES string of the molecule is CNc1nc(Nc2ccc(C(=O)N3CCC(N4CCOCC4)CC3)c3c2OCCO3)nc2[nH]cc(C(F)(F)F)c12. The molecule has 14 heteroatoms. The predicted octanol–water partition coefficient (Wildman–Crippen LogP) is 3.47. The fourth-order valence-electron chi connectivity index (χ4n) is 5.56. The van der Waals surface area contributed by atoms with Crippen LogP contribution in [0, 0.1) is 0 Å². The molecule has 0 spiro atoms. The molecule has 0 radical (unpaired) electrons. The van der Waals surface area contributed by atoms with E-state index < -0.39 is 11.7 Å². The second-order valence-corrected chi connectivity index (χ2v) is 9.88. The van der Waals surface area contributed by atoms with Gasteiger partial charge < -0.3 is 34.7 Å². The van der Waals surface area contributed by atoms with Crippen molar-refractivity contribution in [2.75, 3.05) is 70.3 Å². The lowest BCUT2D eigenvalue weighted by Crippen LogP contribution is -2.50. The number of likely N-dealkylation sites (tertiary alicyclic amines) is 1. The van der Waals surface area contributed by atoms with Crippen LogP contribution in [0.4, 0.5) is 30.6 Å². The maximum Gasteiger partial charge on any atom is 0.418 e. The number of alkyl halides is 3. The molecule has 1 amide bonds. The minimum atomic E-state index is -4.56. The van der Waals surface area contributed by atoms with Crippen molar-refractivity contribution < 1.29 is 32.2 Å². The molecule has 3 aliphatic heterocycles. The number of morpholine rings is 1. The molecule has 2 fully saturated rings. The Morgan fingerprint density at radius 3 is 2.45 bits per heavy atom. The highest BCUT2D eigenvalue weighted by Gasteiger charge is 2.36. The van der Waals surface area contributed by atoms with Gasteiger partial charge in [0.25, 0.3) is 5.91 Å². The van der Waals surface area contributed by atoms with E-state index in [0.717, 1.165) is 45.3 Å². The molecule has 0 atom stereocenters. The van der Waals surface area contributed by atoms with Crippen LogP contribution < -0.4 is 20.1 Å². The monoisotopic (exact) mass is 561 g/mol. The van der Waals surface area contributed by atoms with Crippen molar-refractivity contribution in [1.29, 1.82) is 0 Å². The Labute approximate surface area is 228 Å². The Kier molecular flexibility index (Phi) is 7.04. The molecular weight excluding hydrogens is 531 g/mol. The van der Waals surface area contributed by atoms with Crippen LogP contribution in [0.15, 0.2) is 18.3 Å². The van der Waals surface area contributed by atoms with Gasteiger partial charge in [-0.1, -0.05) is 0 Å². The largest absolute Gasteiger partial charge is 0.485 e. The van der Waals surface area contributed by atoms with Crippen molar-refractivity contribution in [2.24, 2.45) is 0 Å². The number of nitrogens with zero attached hydrogens (tertiary/aromatic N) is 4. The molecule has 0 saturated carbocycles. The quantitative estimate of drug-likeness (QED) is 0.431. The van der Waals surface area contributed by atoms with Crippen molar-refractivity contribution in [1.82, 2.24) is 24.8 Å². The van der Waals surface area contributed by atoms with E-state index in [1.165, 1.54) is 7.05 Å². The molecule has 0 unspecified atom stereocenters. The van der Waals surface area contributed by atoms with Crippen molar-refractivity contribution >= 4 is 34.4 Å². The summed E-state index contributed by atoms with van der Waals surface area (Å²) in [5, 5.41) is 5.59. The number of nitrogens with one attached hydrogen (secondary N) is 3. The number of ether oxygens (including phenoxy) is 3. The third-order valence-corrected chi connectivity index (χ3v) is 7.55. The number of aromatic amines is 1. The second-order valence-electron chi connectivity index (χ2n) is 9.88. The predicted molar refractivity (Wildman–Crippen MR) is 140 cm³/mol. The molecule has 2 aromatic heterocycles. The minimum Gasteiger partial charge on any atom is -0.485 e. The van der Waals surface area contributed by atoms with Crippen LogP contribution in [-0.4, -0.2) is 96.4 Å². The molecule has 5 heterocycles. The summed E-state index contributed by atoms with van der Waals surface area (Å²) in [6, 6.07) is 3.78. The van der Waals surface area contributed by atoms with E-state index in [9.17, 15) is 18.0 Å². The summed E-state index contributed by atoms with van der Waals surface area (Å²) >= 11 is 0. The highest BCUT2D eigenvalue weighted by Crippen LogP contribution is 2.43. The molecule has 3 aromatic rings. The van der Waals surface area contributed by atoms with Crippen LogP contribution in [0.2, 0.25) is 0 Å². The standard InChI is InChI=1S/C26H30F3N7O4/c1-30-22-19-17(26(27,28)29)14-31-23(19)34-25(33-22)32-18-3-2-16(20-21(18)40-13-12-39-20)24(37)36-6-4-15(5-7-36)35-8-10-38-11-9-35/h2-3,14-15H,4-13H2,1H3,(H3,30,31,32,33,34). The first kappa shape index (κ1) is 26.4. The molecule has 0 aliphatic carbocycles. The number of amides is 1. The van der Waals surface area contributed by atoms with E-state index >= 15 is 0 Å². The smallest absolute Gasteiger partial charge is 0.418 e. The summed E-state index contributed by atoms with van der Waals surface area (Å²) in [7, 11) is 1.49. The normalized spacial score (nSPS) is 18.6. The summed E-state index contributed by atoms with van der Waals surface area (Å²) in [6.07, 6.45) is -1.90. The summed E-state index contributed by atoms with van der Waals surface area (Å²) in [5.74, 6) is 0.588. The highest BCUT2D eigenvalue weighted by atomic mass is 19.4. The van der Waals surface area contributed by atoms with E-state index in [1.807, 2.05) is 4.90 Å². The van der Waals surface area contributed by atoms with Crippen LogP contribution >= 0.6 is 0 Å². The summed E-state index contributed by atoms with van der Waals surface area (Å²) in [6.45, 7) is 5.19. The number of piperidine rings is 1. The molecule has 11 nitrogen and oxygen atoms in total. The van der Waals surface area contributed by atoms with E-state index in [1.54, 1.807) is 12.1 Å². The number of anilines is 3. The average Bonchev–Trinajstić information content (AvgIpc) is 3.42. The number of aromatic nitrogens is 3. The number of carbonyl (C=O) groups is 1. The van der Waals surface area contributed by atoms with Crippen LogP contribution in [0.5, 0.6) is 11.5 Å². The van der Waals surface area contributed by atoms with Gasteiger partial charge in [-0.15, -0.1) is 0 Å². The maximum atomic E-state index is 13.5. The first-order valence-electron chi connectivity index (χ1n) is 13.3. The number of rotatable bonds is 5. The molecule has 3 aliphatic rings. The topological polar surface area (TPSA) is 117 Å². The number of hydrogen-bond donors (Lipinski definition) is 3. The molecular formula is C26H30F3N7O4. The van der Waals surface area contributed by atoms with Crippen molar-refractivity contribution in [3.05, 3.63) is 29.5 Å². The van der Waals surface area contributed by atoms with Gasteiger partial charge in [0.15, 0.2) is 11.5 Å². The van der Waals surface area contributed by atoms with E-state index in [0.29, 0.717) is 41.9 Å². The number of benzene rings is 1. The second kappa shape index (κ2) is 10.7. The summed E-state index contributed by atoms with van der Waals surface area (Å²) in [5.41, 5.74) is -0.00493. The summed E-state index contributed by atoms with van der Waals surface area (Å²) < 4.78 is 57.6. The molecule has 1 aromatic carbocycles. The zero-order valence-corrected chi connectivity index (χ0v) is 21.9. The van der Waals surface area contributed by atoms with Gasteiger partial charge in [-0.3, -0.25) is 9.69 Å². The van der Waals surface area contributed by atoms with Crippen molar-refractivity contribution in [3.63, 3.8) is 0 Å². The van der Waals surface area contributed by atoms with Gasteiger partial charge in [0.1, 0.15) is 24.7 Å². The Morgan fingerprint density at radius 2 is 1.75 bits per heavy atom. The van der Waals surface area contributed by atoms with Crippen LogP contribution in [0.25, 0.3) is 11.0 Å². The molecule has 0 bridgehead atoms. The Balaban J connectivity index is 1.23. The fraction of sp³-hybridized carbons (Fsp3) is 0.500. The molecule has 3 N–H and O–H groups in total. The third-order valence-electron chi connectivity index (χ3n) is 7.55. The number of halogens is 3. The van der Waals surface area contributed by atoms with Crippen LogP contribution in [0.3, 0.4) is 0 Å². The lowest BCUT2D eigenvalue weighted by molar-refractivity contribution is -0.136. The Bertz CT molecular complexity index is 1400. The zero-order valence-electron chi connectivity index (χ0n) is 21.9. The van der Waals surface area contributed by atoms with E-state index in [2.05, 4.69) is 30.5 Å². The van der Waals surface area contributed by atoms with Gasteiger partial charge in [-0.25, -0.2) is 0 Å². The fourth-order valence-corrected chi connectivity index (χ4v) is 5.56. The van der Waals surface area contributed by atoms with Gasteiger partial charge in [0.2, 0.25) is 5.95 Å². The molecule has 6 rings (SSSR count). The third kappa shape index (κ3) is 4.96. The molecule has 214 valence electrons. The average molecular weight is 562 g/mol. The van der Waals surface area contributed by atoms with Crippen LogP contribution in [-0.2, 0) is 10.9 Å². The van der Waals surface area contributed by atoms with E-state index in [4.69, 9.17) is 14.2 Å². The van der Waals surface area contributed by atoms with Gasteiger partial charge in [0, 0.05) is 45.5 Å². The first-order valence-corrected chi connectivity index (χ1v) is 13.3. The van der Waals surface area contributed by atoms with Gasteiger partial charge in [-0.2, -0.15) is 23.1 Å². The van der Waals surface area contributed by atoms with Crippen molar-refractivity contribution in [3.8, 4) is 11.5 Å². The first-order chi connectivity index (χ1) is 19.3. The summed E-state index contributed by atoms with van der Waals surface area (Å²) in [4.78, 5) is 28.9. The van der Waals surface area contributed by atoms with Gasteiger partial charge in [0.05, 0.1) is 35.4 Å². The molecule has 2 saturated heterocycles. The lowest BCUT2D eigenvalue weighted by Gasteiger charge is -2.40. The van der Waals surface area contributed by atoms with Crippen molar-refractivity contribution in [2.45, 2.75) is 25.1 Å². The number of fused-ring (bicyclic) bond motifs is 2. The zero-order chi connectivity index (χ0) is 27.9. The Morgan fingerprint density at radius 1 is 1.02 bits per heavy atom. The van der Waals surface area contributed by atoms with Gasteiger partial charge in [-0.05, 0) is 25.0 Å².